The van der Waals surface area contributed by atoms with Crippen molar-refractivity contribution < 1.29 is 5.11 Å². The van der Waals surface area contributed by atoms with Crippen LogP contribution in [0.5, 0.6) is 0 Å². The molecule has 13 heavy (non-hydrogen) atoms. The molecule has 0 aliphatic carbocycles. The van der Waals surface area contributed by atoms with Gasteiger partial charge in [-0.1, -0.05) is 12.1 Å². The molecule has 65 valence electrons. The number of aliphatic hydroxyl groups excluding tert-OH is 1. The Kier molecular flexibility index (Phi) is 2.10. The van der Waals surface area contributed by atoms with E-state index in [-0.39, 0.29) is 6.61 Å². The second-order valence-corrected chi connectivity index (χ2v) is 2.63. The number of nitrogens with zero attached hydrogens (tertiary/aromatic N) is 2. The van der Waals surface area contributed by atoms with Crippen LogP contribution in [-0.2, 0) is 6.61 Å². The molecule has 0 bridgehead atoms. The Morgan fingerprint density at radius 2 is 2.15 bits per heavy atom. The summed E-state index contributed by atoms with van der Waals surface area (Å²) in [6.45, 7) is -0.0500. The van der Waals surface area contributed by atoms with E-state index in [0.717, 1.165) is 5.69 Å². The van der Waals surface area contributed by atoms with Crippen molar-refractivity contribution in [2.75, 3.05) is 0 Å². The van der Waals surface area contributed by atoms with Crippen LogP contribution in [-0.4, -0.2) is 14.7 Å². The van der Waals surface area contributed by atoms with Crippen LogP contribution in [0, 0.1) is 6.07 Å². The number of benzene rings is 1. The third-order valence-corrected chi connectivity index (χ3v) is 1.84. The quantitative estimate of drug-likeness (QED) is 0.740. The lowest BCUT2D eigenvalue weighted by molar-refractivity contribution is 0.269. The molecule has 0 unspecified atom stereocenters. The first-order valence-corrected chi connectivity index (χ1v) is 4.01. The maximum absolute atomic E-state index is 8.98. The van der Waals surface area contributed by atoms with Gasteiger partial charge in [0.2, 0.25) is 0 Å². The van der Waals surface area contributed by atoms with Crippen molar-refractivity contribution in [3.8, 4) is 5.69 Å². The third-order valence-electron chi connectivity index (χ3n) is 1.84. The van der Waals surface area contributed by atoms with Gasteiger partial charge in [0, 0.05) is 18.1 Å². The molecule has 0 amide bonds. The van der Waals surface area contributed by atoms with Gasteiger partial charge in [0.15, 0.2) is 0 Å². The molecule has 0 saturated carbocycles. The number of imidazole rings is 1. The number of rotatable bonds is 2. The number of hydrogen-bond donors (Lipinski definition) is 1. The van der Waals surface area contributed by atoms with Crippen LogP contribution in [0.4, 0.5) is 0 Å². The van der Waals surface area contributed by atoms with Crippen LogP contribution >= 0.6 is 0 Å². The summed E-state index contributed by atoms with van der Waals surface area (Å²) in [4.78, 5) is 4.01. The molecule has 2 rings (SSSR count). The van der Waals surface area contributed by atoms with E-state index in [1.807, 2.05) is 35.0 Å². The molecule has 1 radical (unpaired) electrons. The third kappa shape index (κ3) is 1.46. The Hall–Kier alpha value is -1.61. The molecular formula is C10H9N2O. The number of hydrogen-bond acceptors (Lipinski definition) is 2. The zero-order valence-electron chi connectivity index (χ0n) is 7.01. The van der Waals surface area contributed by atoms with Gasteiger partial charge in [0.05, 0.1) is 0 Å². The molecular weight excluding hydrogens is 164 g/mol. The SMILES string of the molecule is OCc1nccn1-c1cc[c]cc1. The first kappa shape index (κ1) is 8.01. The van der Waals surface area contributed by atoms with Crippen molar-refractivity contribution in [3.63, 3.8) is 0 Å². The summed E-state index contributed by atoms with van der Waals surface area (Å²) in [7, 11) is 0. The molecule has 1 aromatic heterocycles. The summed E-state index contributed by atoms with van der Waals surface area (Å²) in [5, 5.41) is 8.98. The van der Waals surface area contributed by atoms with Crippen molar-refractivity contribution in [3.05, 3.63) is 48.5 Å². The minimum Gasteiger partial charge on any atom is -0.388 e. The normalized spacial score (nSPS) is 10.2. The summed E-state index contributed by atoms with van der Waals surface area (Å²) >= 11 is 0. The molecule has 1 heterocycles. The maximum Gasteiger partial charge on any atom is 0.139 e. The minimum absolute atomic E-state index is 0.0500. The highest BCUT2D eigenvalue weighted by Crippen LogP contribution is 2.09. The highest BCUT2D eigenvalue weighted by atomic mass is 16.3. The molecule has 0 atom stereocenters. The van der Waals surface area contributed by atoms with Gasteiger partial charge in [-0.15, -0.1) is 0 Å². The number of aromatic nitrogens is 2. The van der Waals surface area contributed by atoms with Gasteiger partial charge in [0.1, 0.15) is 12.4 Å². The van der Waals surface area contributed by atoms with E-state index < -0.39 is 0 Å². The predicted molar refractivity (Wildman–Crippen MR) is 48.3 cm³/mol. The first-order valence-electron chi connectivity index (χ1n) is 4.01. The molecule has 0 saturated heterocycles. The molecule has 0 aliphatic rings. The Bertz CT molecular complexity index is 381. The molecule has 1 aromatic carbocycles. The summed E-state index contributed by atoms with van der Waals surface area (Å²) in [5.41, 5.74) is 0.986. The van der Waals surface area contributed by atoms with Gasteiger partial charge in [0.25, 0.3) is 0 Å². The fraction of sp³-hybridized carbons (Fsp3) is 0.100. The maximum atomic E-state index is 8.98. The van der Waals surface area contributed by atoms with E-state index in [0.29, 0.717) is 5.82 Å². The largest absolute Gasteiger partial charge is 0.388 e. The molecule has 3 nitrogen and oxygen atoms in total. The molecule has 0 aliphatic heterocycles. The predicted octanol–water partition coefficient (Wildman–Crippen LogP) is 1.16. The van der Waals surface area contributed by atoms with E-state index >= 15 is 0 Å². The fourth-order valence-electron chi connectivity index (χ4n) is 1.23. The summed E-state index contributed by atoms with van der Waals surface area (Å²) in [6.07, 6.45) is 3.49. The molecule has 0 spiro atoms. The smallest absolute Gasteiger partial charge is 0.139 e. The average molecular weight is 173 g/mol. The fourth-order valence-corrected chi connectivity index (χ4v) is 1.23. The molecule has 3 heteroatoms. The van der Waals surface area contributed by atoms with Crippen molar-refractivity contribution in [2.24, 2.45) is 0 Å². The molecule has 1 N–H and O–H groups in total. The second kappa shape index (κ2) is 3.41. The van der Waals surface area contributed by atoms with Gasteiger partial charge in [-0.25, -0.2) is 4.98 Å². The van der Waals surface area contributed by atoms with Crippen LogP contribution in [0.2, 0.25) is 0 Å². The highest BCUT2D eigenvalue weighted by molar-refractivity contribution is 5.32. The van der Waals surface area contributed by atoms with Crippen LogP contribution in [0.1, 0.15) is 5.82 Å². The molecule has 0 fully saturated rings. The summed E-state index contributed by atoms with van der Waals surface area (Å²) < 4.78 is 1.84. The second-order valence-electron chi connectivity index (χ2n) is 2.63. The Morgan fingerprint density at radius 3 is 2.85 bits per heavy atom. The highest BCUT2D eigenvalue weighted by Gasteiger charge is 2.01. The minimum atomic E-state index is -0.0500. The monoisotopic (exact) mass is 173 g/mol. The van der Waals surface area contributed by atoms with Crippen molar-refractivity contribution in [1.29, 1.82) is 0 Å². The first-order chi connectivity index (χ1) is 6.42. The van der Waals surface area contributed by atoms with Gasteiger partial charge in [-0.05, 0) is 18.2 Å². The van der Waals surface area contributed by atoms with Crippen molar-refractivity contribution in [1.82, 2.24) is 9.55 Å². The van der Waals surface area contributed by atoms with E-state index in [9.17, 15) is 0 Å². The van der Waals surface area contributed by atoms with Crippen molar-refractivity contribution in [2.45, 2.75) is 6.61 Å². The average Bonchev–Trinajstić information content (AvgIpc) is 2.67. The zero-order valence-corrected chi connectivity index (χ0v) is 7.01. The van der Waals surface area contributed by atoms with Gasteiger partial charge in [-0.3, -0.25) is 0 Å². The van der Waals surface area contributed by atoms with E-state index in [4.69, 9.17) is 5.11 Å². The van der Waals surface area contributed by atoms with Crippen LogP contribution in [0.15, 0.2) is 36.7 Å². The van der Waals surface area contributed by atoms with Crippen LogP contribution in [0.3, 0.4) is 0 Å². The number of aliphatic hydroxyl groups is 1. The summed E-state index contributed by atoms with van der Waals surface area (Å²) in [5.74, 6) is 0.645. The Balaban J connectivity index is 2.47. The van der Waals surface area contributed by atoms with Gasteiger partial charge < -0.3 is 9.67 Å². The standard InChI is InChI=1S/C10H9N2O/c13-8-10-11-6-7-12(10)9-4-2-1-3-5-9/h2-7,13H,8H2. The Labute approximate surface area is 76.3 Å². The lowest BCUT2D eigenvalue weighted by atomic mass is 10.3. The lowest BCUT2D eigenvalue weighted by Gasteiger charge is -2.04. The van der Waals surface area contributed by atoms with E-state index in [2.05, 4.69) is 11.1 Å². The summed E-state index contributed by atoms with van der Waals surface area (Å²) in [6, 6.07) is 10.4. The lowest BCUT2D eigenvalue weighted by Crippen LogP contribution is -1.99. The van der Waals surface area contributed by atoms with Gasteiger partial charge in [-0.2, -0.15) is 0 Å². The topological polar surface area (TPSA) is 38.1 Å². The van der Waals surface area contributed by atoms with E-state index in [1.54, 1.807) is 6.20 Å². The molecule has 2 aromatic rings. The van der Waals surface area contributed by atoms with Crippen LogP contribution < -0.4 is 0 Å². The van der Waals surface area contributed by atoms with E-state index in [1.165, 1.54) is 0 Å². The van der Waals surface area contributed by atoms with Crippen molar-refractivity contribution >= 4 is 0 Å². The zero-order chi connectivity index (χ0) is 9.10. The van der Waals surface area contributed by atoms with Gasteiger partial charge >= 0.3 is 0 Å². The van der Waals surface area contributed by atoms with Crippen LogP contribution in [0.25, 0.3) is 5.69 Å². The Morgan fingerprint density at radius 1 is 1.38 bits per heavy atom.